The number of ether oxygens (including phenoxy) is 1. The highest BCUT2D eigenvalue weighted by atomic mass is 35.5. The fourth-order valence-electron chi connectivity index (χ4n) is 1.50. The lowest BCUT2D eigenvalue weighted by Gasteiger charge is -2.09. The van der Waals surface area contributed by atoms with Crippen molar-refractivity contribution in [2.45, 2.75) is 0 Å². The van der Waals surface area contributed by atoms with Crippen LogP contribution < -0.4 is 16.2 Å². The molecule has 0 unspecified atom stereocenters. The van der Waals surface area contributed by atoms with Gasteiger partial charge >= 0.3 is 0 Å². The number of carbonyl (C=O) groups is 1. The van der Waals surface area contributed by atoms with Crippen LogP contribution in [0.5, 0.6) is 11.5 Å². The smallest absolute Gasteiger partial charge is 0.250 e. The van der Waals surface area contributed by atoms with E-state index in [0.29, 0.717) is 27.2 Å². The molecule has 0 heterocycles. The van der Waals surface area contributed by atoms with Crippen LogP contribution in [0.25, 0.3) is 0 Å². The van der Waals surface area contributed by atoms with Crippen LogP contribution in [0.2, 0.25) is 10.0 Å². The molecule has 4 N–H and O–H groups in total. The zero-order valence-electron chi connectivity index (χ0n) is 9.69. The van der Waals surface area contributed by atoms with E-state index in [1.807, 2.05) is 0 Å². The number of primary amides is 1. The topological polar surface area (TPSA) is 78.3 Å². The number of benzene rings is 2. The van der Waals surface area contributed by atoms with Gasteiger partial charge < -0.3 is 16.2 Å². The van der Waals surface area contributed by atoms with Crippen molar-refractivity contribution in [2.75, 3.05) is 5.73 Å². The number of halogens is 2. The Hall–Kier alpha value is -1.91. The van der Waals surface area contributed by atoms with Crippen molar-refractivity contribution in [1.29, 1.82) is 0 Å². The molecule has 0 atom stereocenters. The third-order valence-electron chi connectivity index (χ3n) is 2.41. The van der Waals surface area contributed by atoms with Gasteiger partial charge in [-0.3, -0.25) is 4.79 Å². The molecule has 19 heavy (non-hydrogen) atoms. The lowest BCUT2D eigenvalue weighted by atomic mass is 10.1. The summed E-state index contributed by atoms with van der Waals surface area (Å²) in [4.78, 5) is 11.2. The predicted octanol–water partition coefficient (Wildman–Crippen LogP) is 3.47. The van der Waals surface area contributed by atoms with Crippen LogP contribution in [0, 0.1) is 0 Å². The van der Waals surface area contributed by atoms with Crippen LogP contribution in [0.3, 0.4) is 0 Å². The molecule has 0 aliphatic heterocycles. The van der Waals surface area contributed by atoms with Gasteiger partial charge in [-0.2, -0.15) is 0 Å². The molecule has 2 rings (SSSR count). The maximum atomic E-state index is 11.2. The summed E-state index contributed by atoms with van der Waals surface area (Å²) in [6, 6.07) is 9.46. The van der Waals surface area contributed by atoms with Gasteiger partial charge in [0.2, 0.25) is 0 Å². The average molecular weight is 297 g/mol. The standard InChI is InChI=1S/C13H10Cl2N2O2/c14-7-1-4-12(10(15)5-7)19-8-2-3-11(16)9(6-8)13(17)18/h1-6H,16H2,(H2,17,18). The quantitative estimate of drug-likeness (QED) is 0.851. The molecule has 0 aliphatic carbocycles. The maximum absolute atomic E-state index is 11.2. The van der Waals surface area contributed by atoms with E-state index >= 15 is 0 Å². The molecule has 0 fully saturated rings. The SMILES string of the molecule is NC(=O)c1cc(Oc2ccc(Cl)cc2Cl)ccc1N. The molecule has 98 valence electrons. The molecule has 0 aromatic heterocycles. The fourth-order valence-corrected chi connectivity index (χ4v) is 1.94. The van der Waals surface area contributed by atoms with Crippen LogP contribution in [-0.4, -0.2) is 5.91 Å². The van der Waals surface area contributed by atoms with Crippen molar-refractivity contribution < 1.29 is 9.53 Å². The van der Waals surface area contributed by atoms with Gasteiger partial charge in [0.05, 0.1) is 10.6 Å². The Morgan fingerprint density at radius 3 is 2.47 bits per heavy atom. The number of hydrogen-bond donors (Lipinski definition) is 2. The van der Waals surface area contributed by atoms with Crippen molar-refractivity contribution >= 4 is 34.8 Å². The second-order valence-electron chi connectivity index (χ2n) is 3.79. The number of amides is 1. The van der Waals surface area contributed by atoms with E-state index in [0.717, 1.165) is 0 Å². The Balaban J connectivity index is 2.33. The van der Waals surface area contributed by atoms with Gasteiger partial charge in [-0.1, -0.05) is 23.2 Å². The van der Waals surface area contributed by atoms with Crippen molar-refractivity contribution in [1.82, 2.24) is 0 Å². The van der Waals surface area contributed by atoms with Crippen LogP contribution in [0.4, 0.5) is 5.69 Å². The normalized spacial score (nSPS) is 10.2. The van der Waals surface area contributed by atoms with E-state index in [9.17, 15) is 4.79 Å². The molecular formula is C13H10Cl2N2O2. The van der Waals surface area contributed by atoms with Crippen LogP contribution in [-0.2, 0) is 0 Å². The number of nitrogens with two attached hydrogens (primary N) is 2. The second kappa shape index (κ2) is 5.38. The molecule has 0 spiro atoms. The minimum Gasteiger partial charge on any atom is -0.456 e. The number of carbonyl (C=O) groups excluding carboxylic acids is 1. The van der Waals surface area contributed by atoms with Gasteiger partial charge in [0.1, 0.15) is 11.5 Å². The first-order chi connectivity index (χ1) is 8.97. The average Bonchev–Trinajstić information content (AvgIpc) is 2.34. The summed E-state index contributed by atoms with van der Waals surface area (Å²) in [5.41, 5.74) is 11.3. The lowest BCUT2D eigenvalue weighted by Crippen LogP contribution is -2.13. The van der Waals surface area contributed by atoms with E-state index in [4.69, 9.17) is 39.4 Å². The van der Waals surface area contributed by atoms with Gasteiger partial charge in [-0.25, -0.2) is 0 Å². The predicted molar refractivity (Wildman–Crippen MR) is 75.9 cm³/mol. The number of hydrogen-bond acceptors (Lipinski definition) is 3. The molecule has 2 aromatic carbocycles. The molecule has 0 aliphatic rings. The summed E-state index contributed by atoms with van der Waals surface area (Å²) >= 11 is 11.8. The highest BCUT2D eigenvalue weighted by Crippen LogP contribution is 2.32. The highest BCUT2D eigenvalue weighted by Gasteiger charge is 2.09. The summed E-state index contributed by atoms with van der Waals surface area (Å²) in [5.74, 6) is 0.212. The van der Waals surface area contributed by atoms with Crippen LogP contribution in [0.1, 0.15) is 10.4 Å². The van der Waals surface area contributed by atoms with Gasteiger partial charge in [-0.15, -0.1) is 0 Å². The fraction of sp³-hybridized carbons (Fsp3) is 0. The minimum absolute atomic E-state index is 0.197. The van der Waals surface area contributed by atoms with E-state index < -0.39 is 5.91 Å². The summed E-state index contributed by atoms with van der Waals surface area (Å²) in [6.07, 6.45) is 0. The third-order valence-corrected chi connectivity index (χ3v) is 2.94. The van der Waals surface area contributed by atoms with E-state index in [1.54, 1.807) is 30.3 Å². The maximum Gasteiger partial charge on any atom is 0.250 e. The highest BCUT2D eigenvalue weighted by molar-refractivity contribution is 6.35. The first kappa shape index (κ1) is 13.5. The first-order valence-electron chi connectivity index (χ1n) is 5.29. The minimum atomic E-state index is -0.620. The largest absolute Gasteiger partial charge is 0.456 e. The molecule has 6 heteroatoms. The Morgan fingerprint density at radius 2 is 1.84 bits per heavy atom. The first-order valence-corrected chi connectivity index (χ1v) is 6.05. The van der Waals surface area contributed by atoms with E-state index in [-0.39, 0.29) is 5.56 Å². The Bertz CT molecular complexity index is 645. The van der Waals surface area contributed by atoms with Crippen molar-refractivity contribution in [3.63, 3.8) is 0 Å². The van der Waals surface area contributed by atoms with Gasteiger partial charge in [-0.05, 0) is 36.4 Å². The summed E-state index contributed by atoms with van der Waals surface area (Å²) in [5, 5.41) is 0.873. The number of nitrogen functional groups attached to an aromatic ring is 1. The zero-order chi connectivity index (χ0) is 14.0. The van der Waals surface area contributed by atoms with Gasteiger partial charge in [0.25, 0.3) is 5.91 Å². The van der Waals surface area contributed by atoms with Crippen LogP contribution >= 0.6 is 23.2 Å². The Morgan fingerprint density at radius 1 is 1.11 bits per heavy atom. The molecule has 1 amide bonds. The summed E-state index contributed by atoms with van der Waals surface area (Å²) < 4.78 is 5.56. The molecule has 0 saturated heterocycles. The molecule has 0 bridgehead atoms. The number of anilines is 1. The number of rotatable bonds is 3. The monoisotopic (exact) mass is 296 g/mol. The van der Waals surface area contributed by atoms with Gasteiger partial charge in [0, 0.05) is 10.7 Å². The third kappa shape index (κ3) is 3.10. The van der Waals surface area contributed by atoms with Crippen molar-refractivity contribution in [3.8, 4) is 11.5 Å². The van der Waals surface area contributed by atoms with Crippen molar-refractivity contribution in [2.24, 2.45) is 5.73 Å². The summed E-state index contributed by atoms with van der Waals surface area (Å²) in [7, 11) is 0. The van der Waals surface area contributed by atoms with Crippen molar-refractivity contribution in [3.05, 3.63) is 52.0 Å². The van der Waals surface area contributed by atoms with E-state index in [1.165, 1.54) is 6.07 Å². The zero-order valence-corrected chi connectivity index (χ0v) is 11.2. The lowest BCUT2D eigenvalue weighted by molar-refractivity contribution is 0.100. The van der Waals surface area contributed by atoms with Crippen LogP contribution in [0.15, 0.2) is 36.4 Å². The van der Waals surface area contributed by atoms with Gasteiger partial charge in [0.15, 0.2) is 0 Å². The molecule has 0 saturated carbocycles. The second-order valence-corrected chi connectivity index (χ2v) is 4.63. The Labute approximate surface area is 119 Å². The molecular weight excluding hydrogens is 287 g/mol. The molecule has 2 aromatic rings. The summed E-state index contributed by atoms with van der Waals surface area (Å²) in [6.45, 7) is 0. The van der Waals surface area contributed by atoms with E-state index in [2.05, 4.69) is 0 Å². The molecule has 0 radical (unpaired) electrons. The Kier molecular flexibility index (Phi) is 3.83. The molecule has 4 nitrogen and oxygen atoms in total.